The lowest BCUT2D eigenvalue weighted by Crippen LogP contribution is -2.30. The van der Waals surface area contributed by atoms with Crippen LogP contribution in [0.5, 0.6) is 0 Å². The van der Waals surface area contributed by atoms with E-state index in [0.717, 1.165) is 24.0 Å². The first-order chi connectivity index (χ1) is 7.58. The summed E-state index contributed by atoms with van der Waals surface area (Å²) in [6.45, 7) is 9.53. The third-order valence-electron chi connectivity index (χ3n) is 2.69. The predicted octanol–water partition coefficient (Wildman–Crippen LogP) is 3.12. The highest BCUT2D eigenvalue weighted by molar-refractivity contribution is 9.11. The van der Waals surface area contributed by atoms with Gasteiger partial charge in [0.1, 0.15) is 0 Å². The zero-order chi connectivity index (χ0) is 12.1. The Hall–Kier alpha value is -0.960. The third-order valence-corrected chi connectivity index (χ3v) is 3.24. The molecule has 0 unspecified atom stereocenters. The molecule has 2 nitrogen and oxygen atoms in total. The molecule has 0 aromatic heterocycles. The van der Waals surface area contributed by atoms with Crippen molar-refractivity contribution < 1.29 is 0 Å². The molecule has 1 rings (SSSR count). The van der Waals surface area contributed by atoms with Gasteiger partial charge in [0, 0.05) is 43.8 Å². The minimum absolute atomic E-state index is 0.917. The molecule has 1 aliphatic rings. The van der Waals surface area contributed by atoms with E-state index in [0.29, 0.717) is 0 Å². The van der Waals surface area contributed by atoms with Crippen molar-refractivity contribution in [2.24, 2.45) is 0 Å². The van der Waals surface area contributed by atoms with E-state index in [2.05, 4.69) is 59.1 Å². The lowest BCUT2D eigenvalue weighted by Gasteiger charge is -2.32. The first-order valence-corrected chi connectivity index (χ1v) is 6.13. The van der Waals surface area contributed by atoms with E-state index in [4.69, 9.17) is 0 Å². The average Bonchev–Trinajstić information content (AvgIpc) is 2.28. The molecule has 16 heavy (non-hydrogen) atoms. The largest absolute Gasteiger partial charge is 0.381 e. The topological polar surface area (TPSA) is 6.48 Å². The highest BCUT2D eigenvalue weighted by Gasteiger charge is 2.16. The molecule has 88 valence electrons. The Labute approximate surface area is 107 Å². The van der Waals surface area contributed by atoms with Gasteiger partial charge in [-0.25, -0.2) is 0 Å². The van der Waals surface area contributed by atoms with Gasteiger partial charge in [-0.3, -0.25) is 0 Å². The molecule has 0 aromatic rings. The average molecular weight is 283 g/mol. The Balaban J connectivity index is 3.01. The molecular formula is C13H19BrN2. The Kier molecular flexibility index (Phi) is 4.87. The molecule has 1 aliphatic heterocycles. The van der Waals surface area contributed by atoms with Gasteiger partial charge in [-0.15, -0.1) is 0 Å². The number of hydrogen-bond donors (Lipinski definition) is 0. The summed E-state index contributed by atoms with van der Waals surface area (Å²) in [4.78, 5) is 4.41. The van der Waals surface area contributed by atoms with E-state index >= 15 is 0 Å². The van der Waals surface area contributed by atoms with Crippen molar-refractivity contribution in [3.05, 3.63) is 47.3 Å². The van der Waals surface area contributed by atoms with Gasteiger partial charge < -0.3 is 9.80 Å². The Morgan fingerprint density at radius 1 is 1.44 bits per heavy atom. The molecule has 0 aliphatic carbocycles. The van der Waals surface area contributed by atoms with Crippen molar-refractivity contribution in [3.8, 4) is 0 Å². The molecule has 0 bridgehead atoms. The van der Waals surface area contributed by atoms with Crippen molar-refractivity contribution in [2.45, 2.75) is 6.42 Å². The van der Waals surface area contributed by atoms with Crippen LogP contribution in [0.2, 0.25) is 0 Å². The number of allylic oxidation sites excluding steroid dienone is 2. The number of hydrogen-bond acceptors (Lipinski definition) is 2. The maximum Gasteiger partial charge on any atom is 0.0441 e. The van der Waals surface area contributed by atoms with Crippen LogP contribution in [0.1, 0.15) is 6.42 Å². The molecule has 3 heteroatoms. The zero-order valence-electron chi connectivity index (χ0n) is 10.0. The molecule has 0 aromatic carbocycles. The molecule has 0 spiro atoms. The molecule has 0 fully saturated rings. The van der Waals surface area contributed by atoms with Crippen LogP contribution in [0, 0.1) is 0 Å². The summed E-state index contributed by atoms with van der Waals surface area (Å²) in [7, 11) is 4.18. The molecule has 0 amide bonds. The number of nitrogens with zero attached hydrogens (tertiary/aromatic N) is 2. The summed E-state index contributed by atoms with van der Waals surface area (Å²) in [6.07, 6.45) is 6.91. The van der Waals surface area contributed by atoms with E-state index < -0.39 is 0 Å². The van der Waals surface area contributed by atoms with Crippen molar-refractivity contribution in [1.29, 1.82) is 0 Å². The second-order valence-corrected chi connectivity index (χ2v) is 4.92. The fourth-order valence-electron chi connectivity index (χ4n) is 1.82. The van der Waals surface area contributed by atoms with Gasteiger partial charge in [0.25, 0.3) is 0 Å². The van der Waals surface area contributed by atoms with Crippen LogP contribution < -0.4 is 0 Å². The zero-order valence-corrected chi connectivity index (χ0v) is 11.6. The van der Waals surface area contributed by atoms with Gasteiger partial charge in [0.2, 0.25) is 0 Å². The summed E-state index contributed by atoms with van der Waals surface area (Å²) in [5.74, 6) is 0. The van der Waals surface area contributed by atoms with Gasteiger partial charge >= 0.3 is 0 Å². The standard InChI is InChI=1S/C13H19BrN2/c1-5-12(14)9-11-10-16(6-2)8-7-13(11)15(3)4/h5-6,9H,1-2,7-8,10H2,3-4H3/b12-9+. The van der Waals surface area contributed by atoms with Crippen molar-refractivity contribution >= 4 is 15.9 Å². The Morgan fingerprint density at radius 3 is 2.62 bits per heavy atom. The van der Waals surface area contributed by atoms with Gasteiger partial charge in [0.15, 0.2) is 0 Å². The van der Waals surface area contributed by atoms with E-state index in [1.54, 1.807) is 0 Å². The summed E-state index contributed by atoms with van der Waals surface area (Å²) in [5.41, 5.74) is 2.71. The van der Waals surface area contributed by atoms with Crippen molar-refractivity contribution in [1.82, 2.24) is 9.80 Å². The molecule has 0 atom stereocenters. The van der Waals surface area contributed by atoms with Gasteiger partial charge in [-0.2, -0.15) is 0 Å². The highest BCUT2D eigenvalue weighted by atomic mass is 79.9. The lowest BCUT2D eigenvalue weighted by molar-refractivity contribution is 0.351. The maximum atomic E-state index is 3.83. The van der Waals surface area contributed by atoms with Gasteiger partial charge in [-0.1, -0.05) is 35.2 Å². The monoisotopic (exact) mass is 282 g/mol. The SMILES string of the molecule is C=C/C(Br)=C\C1=C(N(C)C)CCN(C=C)C1. The normalized spacial score (nSPS) is 17.4. The Morgan fingerprint density at radius 2 is 2.12 bits per heavy atom. The molecule has 0 N–H and O–H groups in total. The van der Waals surface area contributed by atoms with E-state index in [9.17, 15) is 0 Å². The van der Waals surface area contributed by atoms with Crippen LogP contribution >= 0.6 is 15.9 Å². The lowest BCUT2D eigenvalue weighted by atomic mass is 10.0. The quantitative estimate of drug-likeness (QED) is 0.731. The minimum atomic E-state index is 0.917. The Bertz CT molecular complexity index is 340. The van der Waals surface area contributed by atoms with E-state index in [-0.39, 0.29) is 0 Å². The second kappa shape index (κ2) is 5.94. The highest BCUT2D eigenvalue weighted by Crippen LogP contribution is 2.23. The summed E-state index contributed by atoms with van der Waals surface area (Å²) in [5, 5.41) is 0. The van der Waals surface area contributed by atoms with Gasteiger partial charge in [0.05, 0.1) is 0 Å². The molecule has 0 radical (unpaired) electrons. The third kappa shape index (κ3) is 3.27. The molecule has 0 saturated heterocycles. The van der Waals surface area contributed by atoms with Crippen molar-refractivity contribution in [3.63, 3.8) is 0 Å². The molecule has 0 saturated carbocycles. The predicted molar refractivity (Wildman–Crippen MR) is 74.3 cm³/mol. The fraction of sp³-hybridized carbons (Fsp3) is 0.385. The van der Waals surface area contributed by atoms with E-state index in [1.807, 2.05) is 12.3 Å². The van der Waals surface area contributed by atoms with E-state index in [1.165, 1.54) is 11.3 Å². The molecule has 1 heterocycles. The van der Waals surface area contributed by atoms with Crippen molar-refractivity contribution in [2.75, 3.05) is 27.2 Å². The van der Waals surface area contributed by atoms with Crippen LogP contribution in [0.15, 0.2) is 47.3 Å². The van der Waals surface area contributed by atoms with Gasteiger partial charge in [-0.05, 0) is 17.8 Å². The summed E-state index contributed by atoms with van der Waals surface area (Å²) in [6, 6.07) is 0. The maximum absolute atomic E-state index is 3.83. The first kappa shape index (κ1) is 13.1. The fourth-order valence-corrected chi connectivity index (χ4v) is 2.10. The molecular weight excluding hydrogens is 264 g/mol. The first-order valence-electron chi connectivity index (χ1n) is 5.34. The number of rotatable bonds is 4. The van der Waals surface area contributed by atoms with Crippen LogP contribution in [0.3, 0.4) is 0 Å². The van der Waals surface area contributed by atoms with Crippen LogP contribution in [0.4, 0.5) is 0 Å². The minimum Gasteiger partial charge on any atom is -0.381 e. The van der Waals surface area contributed by atoms with Crippen LogP contribution in [-0.2, 0) is 0 Å². The second-order valence-electron chi connectivity index (χ2n) is 4.00. The van der Waals surface area contributed by atoms with Crippen LogP contribution in [0.25, 0.3) is 0 Å². The van der Waals surface area contributed by atoms with Crippen LogP contribution in [-0.4, -0.2) is 37.0 Å². The number of halogens is 1. The smallest absolute Gasteiger partial charge is 0.0441 e. The summed E-state index contributed by atoms with van der Waals surface area (Å²) < 4.78 is 1.02. The summed E-state index contributed by atoms with van der Waals surface area (Å²) >= 11 is 3.48.